The number of aryl methyl sites for hydroxylation is 1. The zero-order chi connectivity index (χ0) is 18.8. The molecule has 27 heavy (non-hydrogen) atoms. The number of carbonyl (C=O) groups excluding carboxylic acids is 2. The van der Waals surface area contributed by atoms with Crippen LogP contribution >= 0.6 is 11.3 Å². The van der Waals surface area contributed by atoms with E-state index in [4.69, 9.17) is 0 Å². The van der Waals surface area contributed by atoms with Crippen molar-refractivity contribution in [1.82, 2.24) is 19.9 Å². The van der Waals surface area contributed by atoms with E-state index in [1.165, 1.54) is 22.9 Å². The average molecular weight is 378 g/mol. The minimum absolute atomic E-state index is 0.514. The number of thiazole rings is 1. The minimum atomic E-state index is -0.819. The van der Waals surface area contributed by atoms with E-state index in [1.807, 2.05) is 24.3 Å². The third-order valence-corrected chi connectivity index (χ3v) is 4.86. The van der Waals surface area contributed by atoms with Crippen LogP contribution < -0.4 is 10.7 Å². The number of hydrogen-bond acceptors (Lipinski definition) is 6. The maximum Gasteiger partial charge on any atom is 0.328 e. The summed E-state index contributed by atoms with van der Waals surface area (Å²) in [5.74, 6) is -1.60. The van der Waals surface area contributed by atoms with E-state index < -0.39 is 11.8 Å². The van der Waals surface area contributed by atoms with Gasteiger partial charge in [-0.15, -0.1) is 21.5 Å². The number of hydrogen-bond donors (Lipinski definition) is 2. The number of amides is 2. The molecule has 0 aliphatic carbocycles. The second kappa shape index (κ2) is 6.96. The van der Waals surface area contributed by atoms with Gasteiger partial charge in [0.2, 0.25) is 0 Å². The molecule has 2 heterocycles. The molecule has 2 N–H and O–H groups in total. The summed E-state index contributed by atoms with van der Waals surface area (Å²) in [7, 11) is 0. The fourth-order valence-electron chi connectivity index (χ4n) is 2.47. The van der Waals surface area contributed by atoms with Gasteiger partial charge < -0.3 is 5.32 Å². The zero-order valence-electron chi connectivity index (χ0n) is 14.2. The van der Waals surface area contributed by atoms with Crippen LogP contribution in [0.1, 0.15) is 5.56 Å². The normalized spacial score (nSPS) is 10.7. The van der Waals surface area contributed by atoms with E-state index in [0.29, 0.717) is 5.69 Å². The van der Waals surface area contributed by atoms with Gasteiger partial charge in [0.1, 0.15) is 17.7 Å². The van der Waals surface area contributed by atoms with E-state index in [1.54, 1.807) is 23.5 Å². The van der Waals surface area contributed by atoms with E-state index in [2.05, 4.69) is 38.9 Å². The van der Waals surface area contributed by atoms with Crippen LogP contribution in [0.5, 0.6) is 0 Å². The first-order valence-electron chi connectivity index (χ1n) is 8.03. The highest BCUT2D eigenvalue weighted by molar-refractivity contribution is 7.21. The smallest absolute Gasteiger partial charge is 0.318 e. The van der Waals surface area contributed by atoms with Gasteiger partial charge in [-0.2, -0.15) is 0 Å². The van der Waals surface area contributed by atoms with Gasteiger partial charge >= 0.3 is 11.8 Å². The highest BCUT2D eigenvalue weighted by Crippen LogP contribution is 2.31. The largest absolute Gasteiger partial charge is 0.328 e. The van der Waals surface area contributed by atoms with Crippen molar-refractivity contribution in [3.05, 3.63) is 60.7 Å². The van der Waals surface area contributed by atoms with Crippen LogP contribution in [0.3, 0.4) is 0 Å². The number of nitrogens with zero attached hydrogens (tertiary/aromatic N) is 4. The van der Waals surface area contributed by atoms with Crippen molar-refractivity contribution in [3.63, 3.8) is 0 Å². The van der Waals surface area contributed by atoms with E-state index >= 15 is 0 Å². The Kier molecular flexibility index (Phi) is 4.35. The number of anilines is 1. The summed E-state index contributed by atoms with van der Waals surface area (Å²) >= 11 is 1.61. The first-order chi connectivity index (χ1) is 13.1. The van der Waals surface area contributed by atoms with Crippen LogP contribution in [0.25, 0.3) is 20.8 Å². The molecule has 2 aromatic carbocycles. The molecule has 0 unspecified atom stereocenters. The first kappa shape index (κ1) is 16.9. The summed E-state index contributed by atoms with van der Waals surface area (Å²) in [6.07, 6.45) is 2.55. The van der Waals surface area contributed by atoms with Crippen LogP contribution in [-0.2, 0) is 9.59 Å². The number of fused-ring (bicyclic) bond motifs is 1. The summed E-state index contributed by atoms with van der Waals surface area (Å²) < 4.78 is 2.33. The first-order valence-corrected chi connectivity index (χ1v) is 8.85. The van der Waals surface area contributed by atoms with E-state index in [0.717, 1.165) is 20.8 Å². The second-order valence-electron chi connectivity index (χ2n) is 5.83. The molecule has 0 radical (unpaired) electrons. The van der Waals surface area contributed by atoms with Crippen LogP contribution in [0, 0.1) is 6.92 Å². The van der Waals surface area contributed by atoms with Crippen molar-refractivity contribution >= 4 is 39.1 Å². The lowest BCUT2D eigenvalue weighted by Gasteiger charge is -2.06. The molecule has 2 aromatic heterocycles. The van der Waals surface area contributed by atoms with Gasteiger partial charge in [-0.3, -0.25) is 15.0 Å². The second-order valence-corrected chi connectivity index (χ2v) is 6.86. The van der Waals surface area contributed by atoms with Gasteiger partial charge in [0.05, 0.1) is 10.2 Å². The Labute approximate surface area is 157 Å². The Morgan fingerprint density at radius 1 is 1.00 bits per heavy atom. The fraction of sp³-hybridized carbons (Fsp3) is 0.0556. The molecule has 9 heteroatoms. The molecule has 134 valence electrons. The van der Waals surface area contributed by atoms with Gasteiger partial charge in [0.25, 0.3) is 0 Å². The molecular formula is C18H14N6O2S. The molecule has 0 aliphatic heterocycles. The molecule has 8 nitrogen and oxygen atoms in total. The predicted molar refractivity (Wildman–Crippen MR) is 103 cm³/mol. The number of aromatic nitrogens is 4. The standard InChI is InChI=1S/C18H14N6O2S/c1-11-2-7-14-15(8-11)27-18(22-14)12-3-5-13(6-4-12)21-16(25)17(26)23-24-9-19-20-10-24/h2-10H,1H3,(H,21,25)(H,23,26). The van der Waals surface area contributed by atoms with Crippen molar-refractivity contribution < 1.29 is 9.59 Å². The quantitative estimate of drug-likeness (QED) is 0.534. The third-order valence-electron chi connectivity index (χ3n) is 3.79. The Morgan fingerprint density at radius 3 is 2.48 bits per heavy atom. The average Bonchev–Trinajstić information content (AvgIpc) is 3.31. The number of carbonyl (C=O) groups is 2. The van der Waals surface area contributed by atoms with Crippen LogP contribution in [0.4, 0.5) is 5.69 Å². The summed E-state index contributed by atoms with van der Waals surface area (Å²) in [5, 5.41) is 10.5. The molecule has 0 fully saturated rings. The molecule has 0 spiro atoms. The molecular weight excluding hydrogens is 364 g/mol. The maximum atomic E-state index is 12.0. The monoisotopic (exact) mass is 378 g/mol. The van der Waals surface area contributed by atoms with Crippen molar-refractivity contribution in [3.8, 4) is 10.6 Å². The Hall–Kier alpha value is -3.59. The lowest BCUT2D eigenvalue weighted by atomic mass is 10.2. The van der Waals surface area contributed by atoms with Crippen LogP contribution in [-0.4, -0.2) is 31.7 Å². The van der Waals surface area contributed by atoms with Gasteiger partial charge in [-0.1, -0.05) is 6.07 Å². The minimum Gasteiger partial charge on any atom is -0.318 e. The number of nitrogens with one attached hydrogen (secondary N) is 2. The zero-order valence-corrected chi connectivity index (χ0v) is 15.0. The van der Waals surface area contributed by atoms with Gasteiger partial charge in [-0.05, 0) is 48.9 Å². The molecule has 0 saturated heterocycles. The van der Waals surface area contributed by atoms with Gasteiger partial charge in [0.15, 0.2) is 0 Å². The summed E-state index contributed by atoms with van der Waals surface area (Å²) in [5.41, 5.74) is 5.95. The Morgan fingerprint density at radius 2 is 1.74 bits per heavy atom. The molecule has 0 atom stereocenters. The molecule has 0 saturated carbocycles. The molecule has 0 aliphatic rings. The molecule has 0 bridgehead atoms. The summed E-state index contributed by atoms with van der Waals surface area (Å²) in [4.78, 5) is 28.4. The molecule has 4 aromatic rings. The van der Waals surface area contributed by atoms with Gasteiger partial charge in [-0.25, -0.2) is 9.66 Å². The maximum absolute atomic E-state index is 12.0. The molecule has 2 amide bonds. The topological polar surface area (TPSA) is 102 Å². The lowest BCUT2D eigenvalue weighted by molar-refractivity contribution is -0.133. The highest BCUT2D eigenvalue weighted by atomic mass is 32.1. The van der Waals surface area contributed by atoms with E-state index in [9.17, 15) is 9.59 Å². The van der Waals surface area contributed by atoms with Gasteiger partial charge in [0, 0.05) is 11.3 Å². The van der Waals surface area contributed by atoms with Crippen molar-refractivity contribution in [2.75, 3.05) is 10.7 Å². The van der Waals surface area contributed by atoms with Crippen LogP contribution in [0.15, 0.2) is 55.1 Å². The third kappa shape index (κ3) is 3.67. The van der Waals surface area contributed by atoms with Crippen LogP contribution in [0.2, 0.25) is 0 Å². The summed E-state index contributed by atoms with van der Waals surface area (Å²) in [6.45, 7) is 2.05. The molecule has 4 rings (SSSR count). The predicted octanol–water partition coefficient (Wildman–Crippen LogP) is 2.57. The highest BCUT2D eigenvalue weighted by Gasteiger charge is 2.14. The summed E-state index contributed by atoms with van der Waals surface area (Å²) in [6, 6.07) is 13.3. The Balaban J connectivity index is 1.46. The number of benzene rings is 2. The van der Waals surface area contributed by atoms with E-state index in [-0.39, 0.29) is 0 Å². The van der Waals surface area contributed by atoms with Crippen molar-refractivity contribution in [1.29, 1.82) is 0 Å². The fourth-order valence-corrected chi connectivity index (χ4v) is 3.54. The van der Waals surface area contributed by atoms with Crippen molar-refractivity contribution in [2.24, 2.45) is 0 Å². The van der Waals surface area contributed by atoms with Crippen molar-refractivity contribution in [2.45, 2.75) is 6.92 Å². The Bertz CT molecular complexity index is 1120. The lowest BCUT2D eigenvalue weighted by Crippen LogP contribution is -2.33. The number of rotatable bonds is 3. The SMILES string of the molecule is Cc1ccc2nc(-c3ccc(NC(=O)C(=O)Nn4cnnc4)cc3)sc2c1.